The van der Waals surface area contributed by atoms with Gasteiger partial charge >= 0.3 is 0 Å². The fourth-order valence-corrected chi connectivity index (χ4v) is 4.57. The van der Waals surface area contributed by atoms with Crippen LogP contribution in [0, 0.1) is 18.3 Å². The van der Waals surface area contributed by atoms with E-state index in [-0.39, 0.29) is 29.7 Å². The maximum Gasteiger partial charge on any atom is 0.245 e. The van der Waals surface area contributed by atoms with Gasteiger partial charge in [-0.1, -0.05) is 27.7 Å². The molecule has 0 aromatic carbocycles. The smallest absolute Gasteiger partial charge is 0.245 e. The van der Waals surface area contributed by atoms with Crippen molar-refractivity contribution in [2.75, 3.05) is 51.3 Å². The van der Waals surface area contributed by atoms with Crippen LogP contribution in [0.5, 0.6) is 0 Å². The second kappa shape index (κ2) is 11.8. The van der Waals surface area contributed by atoms with E-state index in [4.69, 9.17) is 4.74 Å². The van der Waals surface area contributed by atoms with E-state index >= 15 is 0 Å². The van der Waals surface area contributed by atoms with Crippen LogP contribution in [0.15, 0.2) is 6.20 Å². The Balaban J connectivity index is 1.91. The Bertz CT molecular complexity index is 680. The molecule has 0 radical (unpaired) electrons. The average molecular weight is 439 g/mol. The van der Waals surface area contributed by atoms with Crippen LogP contribution in [-0.2, 0) is 14.3 Å². The number of rotatable bonds is 10. The highest BCUT2D eigenvalue weighted by atomic mass is 32.1. The number of morpholine rings is 1. The lowest BCUT2D eigenvalue weighted by molar-refractivity contribution is -0.135. The number of nitrogens with one attached hydrogen (secondary N) is 1. The number of amides is 2. The van der Waals surface area contributed by atoms with Crippen molar-refractivity contribution < 1.29 is 14.3 Å². The van der Waals surface area contributed by atoms with E-state index in [1.165, 1.54) is 11.3 Å². The van der Waals surface area contributed by atoms with E-state index in [0.29, 0.717) is 18.1 Å². The Hall–Kier alpha value is -1.51. The molecule has 2 rings (SSSR count). The first kappa shape index (κ1) is 24.8. The molecule has 1 unspecified atom stereocenters. The van der Waals surface area contributed by atoms with Crippen molar-refractivity contribution in [2.45, 2.75) is 53.9 Å². The first-order chi connectivity index (χ1) is 14.1. The summed E-state index contributed by atoms with van der Waals surface area (Å²) >= 11 is 1.44. The van der Waals surface area contributed by atoms with Crippen molar-refractivity contribution in [3.63, 3.8) is 0 Å². The number of carbonyl (C=O) groups is 2. The molecule has 170 valence electrons. The Labute approximate surface area is 185 Å². The summed E-state index contributed by atoms with van der Waals surface area (Å²) in [6, 6.07) is 0. The molecule has 1 atom stereocenters. The Kier molecular flexibility index (Phi) is 9.71. The Morgan fingerprint density at radius 2 is 2.03 bits per heavy atom. The van der Waals surface area contributed by atoms with E-state index in [2.05, 4.69) is 42.9 Å². The molecule has 0 aliphatic carbocycles. The number of hydrogen-bond donors (Lipinski definition) is 1. The normalized spacial score (nSPS) is 16.3. The zero-order valence-corrected chi connectivity index (χ0v) is 20.0. The highest BCUT2D eigenvalue weighted by Gasteiger charge is 2.23. The molecule has 0 spiro atoms. The third-order valence-electron chi connectivity index (χ3n) is 5.04. The van der Waals surface area contributed by atoms with Gasteiger partial charge in [0.1, 0.15) is 0 Å². The molecule has 1 aliphatic rings. The summed E-state index contributed by atoms with van der Waals surface area (Å²) in [4.78, 5) is 34.9. The molecular weight excluding hydrogens is 400 g/mol. The summed E-state index contributed by atoms with van der Waals surface area (Å²) in [6.07, 6.45) is 4.03. The summed E-state index contributed by atoms with van der Waals surface area (Å²) < 4.78 is 5.40. The SMILES string of the molecule is Cc1cnc(NC(=O)CN(CCCN2CCOCC2)C(=O)CC(C)CC(C)(C)C)s1. The monoisotopic (exact) mass is 438 g/mol. The third-order valence-corrected chi connectivity index (χ3v) is 5.87. The first-order valence-corrected chi connectivity index (χ1v) is 11.7. The fourth-order valence-electron chi connectivity index (χ4n) is 3.89. The van der Waals surface area contributed by atoms with Crippen molar-refractivity contribution in [3.8, 4) is 0 Å². The molecule has 1 saturated heterocycles. The van der Waals surface area contributed by atoms with E-state index in [1.807, 2.05) is 6.92 Å². The van der Waals surface area contributed by atoms with Crippen molar-refractivity contribution in [2.24, 2.45) is 11.3 Å². The minimum Gasteiger partial charge on any atom is -0.379 e. The highest BCUT2D eigenvalue weighted by molar-refractivity contribution is 7.15. The lowest BCUT2D eigenvalue weighted by Crippen LogP contribution is -2.42. The number of hydrogen-bond acceptors (Lipinski definition) is 6. The van der Waals surface area contributed by atoms with Gasteiger partial charge in [0.2, 0.25) is 11.8 Å². The summed E-state index contributed by atoms with van der Waals surface area (Å²) in [6.45, 7) is 15.6. The van der Waals surface area contributed by atoms with Gasteiger partial charge in [-0.05, 0) is 31.1 Å². The molecule has 1 fully saturated rings. The standard InChI is InChI=1S/C22H38N4O3S/c1-17(14-22(3,4)5)13-20(28)26(8-6-7-25-9-11-29-12-10-25)16-19(27)24-21-23-15-18(2)30-21/h15,17H,6-14,16H2,1-5H3,(H,23,24,27). The van der Waals surface area contributed by atoms with Gasteiger partial charge in [-0.25, -0.2) is 4.98 Å². The van der Waals surface area contributed by atoms with E-state index in [0.717, 1.165) is 50.6 Å². The summed E-state index contributed by atoms with van der Waals surface area (Å²) in [5.74, 6) is 0.149. The van der Waals surface area contributed by atoms with Gasteiger partial charge in [0.15, 0.2) is 5.13 Å². The summed E-state index contributed by atoms with van der Waals surface area (Å²) in [5, 5.41) is 3.41. The molecule has 1 N–H and O–H groups in total. The Morgan fingerprint density at radius 1 is 1.33 bits per heavy atom. The minimum atomic E-state index is -0.187. The van der Waals surface area contributed by atoms with Crippen LogP contribution < -0.4 is 5.32 Å². The number of carbonyl (C=O) groups excluding carboxylic acids is 2. The molecule has 2 heterocycles. The number of thiazole rings is 1. The van der Waals surface area contributed by atoms with Gasteiger partial charge in [-0.15, -0.1) is 11.3 Å². The number of aromatic nitrogens is 1. The zero-order chi connectivity index (χ0) is 22.1. The van der Waals surface area contributed by atoms with Gasteiger partial charge in [0.25, 0.3) is 0 Å². The summed E-state index contributed by atoms with van der Waals surface area (Å²) in [5.41, 5.74) is 0.181. The average Bonchev–Trinajstić information content (AvgIpc) is 3.04. The van der Waals surface area contributed by atoms with Gasteiger partial charge in [-0.3, -0.25) is 14.5 Å². The highest BCUT2D eigenvalue weighted by Crippen LogP contribution is 2.26. The van der Waals surface area contributed by atoms with Crippen LogP contribution in [0.1, 0.15) is 51.8 Å². The first-order valence-electron chi connectivity index (χ1n) is 10.9. The van der Waals surface area contributed by atoms with Crippen molar-refractivity contribution in [1.82, 2.24) is 14.8 Å². The number of ether oxygens (including phenoxy) is 1. The number of anilines is 1. The van der Waals surface area contributed by atoms with Crippen LogP contribution in [0.4, 0.5) is 5.13 Å². The molecule has 1 aromatic heterocycles. The van der Waals surface area contributed by atoms with E-state index < -0.39 is 0 Å². The van der Waals surface area contributed by atoms with Crippen LogP contribution in [0.25, 0.3) is 0 Å². The molecule has 1 aliphatic heterocycles. The van der Waals surface area contributed by atoms with Gasteiger partial charge in [-0.2, -0.15) is 0 Å². The molecule has 1 aromatic rings. The van der Waals surface area contributed by atoms with Crippen LogP contribution in [0.3, 0.4) is 0 Å². The van der Waals surface area contributed by atoms with Crippen LogP contribution in [-0.4, -0.2) is 72.5 Å². The second-order valence-corrected chi connectivity index (χ2v) is 10.8. The number of nitrogens with zero attached hydrogens (tertiary/aromatic N) is 3. The van der Waals surface area contributed by atoms with Crippen molar-refractivity contribution >= 4 is 28.3 Å². The van der Waals surface area contributed by atoms with Gasteiger partial charge < -0.3 is 15.0 Å². The lowest BCUT2D eigenvalue weighted by Gasteiger charge is -2.29. The van der Waals surface area contributed by atoms with Gasteiger partial charge in [0, 0.05) is 43.7 Å². The maximum atomic E-state index is 13.0. The van der Waals surface area contributed by atoms with Crippen LogP contribution >= 0.6 is 11.3 Å². The fraction of sp³-hybridized carbons (Fsp3) is 0.773. The quantitative estimate of drug-likeness (QED) is 0.606. The Morgan fingerprint density at radius 3 is 2.63 bits per heavy atom. The van der Waals surface area contributed by atoms with E-state index in [9.17, 15) is 9.59 Å². The molecule has 8 heteroatoms. The van der Waals surface area contributed by atoms with Crippen molar-refractivity contribution in [3.05, 3.63) is 11.1 Å². The van der Waals surface area contributed by atoms with Gasteiger partial charge in [0.05, 0.1) is 19.8 Å². The molecule has 0 bridgehead atoms. The second-order valence-electron chi connectivity index (χ2n) is 9.52. The predicted molar refractivity (Wildman–Crippen MR) is 122 cm³/mol. The minimum absolute atomic E-state index is 0.0548. The largest absolute Gasteiger partial charge is 0.379 e. The maximum absolute atomic E-state index is 13.0. The molecule has 7 nitrogen and oxygen atoms in total. The third kappa shape index (κ3) is 9.53. The topological polar surface area (TPSA) is 74.8 Å². The molecular formula is C22H38N4O3S. The molecule has 0 saturated carbocycles. The zero-order valence-electron chi connectivity index (χ0n) is 19.2. The van der Waals surface area contributed by atoms with Crippen LogP contribution in [0.2, 0.25) is 0 Å². The predicted octanol–water partition coefficient (Wildman–Crippen LogP) is 3.40. The van der Waals surface area contributed by atoms with Crippen molar-refractivity contribution in [1.29, 1.82) is 0 Å². The van der Waals surface area contributed by atoms with E-state index in [1.54, 1.807) is 11.1 Å². The molecule has 30 heavy (non-hydrogen) atoms. The molecule has 2 amide bonds. The summed E-state index contributed by atoms with van der Waals surface area (Å²) in [7, 11) is 0. The lowest BCUT2D eigenvalue weighted by atomic mass is 9.84. The number of aryl methyl sites for hydroxylation is 1.